The third-order valence-corrected chi connectivity index (χ3v) is 4.94. The molecule has 0 bridgehead atoms. The molecule has 1 saturated heterocycles. The van der Waals surface area contributed by atoms with Gasteiger partial charge in [-0.2, -0.15) is 0 Å². The average molecular weight is 335 g/mol. The number of ether oxygens (including phenoxy) is 1. The minimum absolute atomic E-state index is 0.167. The zero-order valence-electron chi connectivity index (χ0n) is 14.2. The van der Waals surface area contributed by atoms with E-state index in [1.807, 2.05) is 6.07 Å². The molecule has 2 N–H and O–H groups in total. The van der Waals surface area contributed by atoms with Crippen molar-refractivity contribution in [3.05, 3.63) is 29.6 Å². The number of carbonyl (C=O) groups is 1. The molecule has 3 rings (SSSR count). The summed E-state index contributed by atoms with van der Waals surface area (Å²) >= 11 is 0. The van der Waals surface area contributed by atoms with E-state index in [1.54, 1.807) is 6.07 Å². The Kier molecular flexibility index (Phi) is 5.36. The zero-order valence-corrected chi connectivity index (χ0v) is 14.2. The van der Waals surface area contributed by atoms with Crippen LogP contribution in [-0.2, 0) is 11.3 Å². The minimum atomic E-state index is -0.337. The van der Waals surface area contributed by atoms with E-state index in [2.05, 4.69) is 9.80 Å². The summed E-state index contributed by atoms with van der Waals surface area (Å²) in [5.74, 6) is 0.469. The highest BCUT2D eigenvalue weighted by Crippen LogP contribution is 2.31. The van der Waals surface area contributed by atoms with Gasteiger partial charge >= 0.3 is 0 Å². The van der Waals surface area contributed by atoms with Crippen LogP contribution in [-0.4, -0.2) is 55.0 Å². The zero-order chi connectivity index (χ0) is 17.1. The Labute approximate surface area is 142 Å². The summed E-state index contributed by atoms with van der Waals surface area (Å²) in [5.41, 5.74) is 6.35. The molecule has 132 valence electrons. The van der Waals surface area contributed by atoms with Crippen LogP contribution in [0, 0.1) is 11.7 Å². The molecular formula is C18H26FN3O2. The normalized spacial score (nSPS) is 22.5. The molecule has 1 amide bonds. The molecule has 2 aliphatic rings. The fourth-order valence-electron chi connectivity index (χ4n) is 3.47. The van der Waals surface area contributed by atoms with Crippen molar-refractivity contribution in [2.24, 2.45) is 11.7 Å². The van der Waals surface area contributed by atoms with E-state index < -0.39 is 0 Å². The topological polar surface area (TPSA) is 58.8 Å². The first-order valence-corrected chi connectivity index (χ1v) is 8.62. The predicted molar refractivity (Wildman–Crippen MR) is 90.1 cm³/mol. The van der Waals surface area contributed by atoms with Gasteiger partial charge in [-0.1, -0.05) is 6.07 Å². The molecule has 1 aliphatic carbocycles. The highest BCUT2D eigenvalue weighted by atomic mass is 19.1. The second-order valence-corrected chi connectivity index (χ2v) is 6.97. The molecule has 1 unspecified atom stereocenters. The number of primary amides is 1. The third-order valence-electron chi connectivity index (χ3n) is 4.94. The average Bonchev–Trinajstić information content (AvgIpc) is 3.34. The first-order chi connectivity index (χ1) is 11.5. The first-order valence-electron chi connectivity index (χ1n) is 8.62. The van der Waals surface area contributed by atoms with Gasteiger partial charge in [-0.05, 0) is 36.5 Å². The van der Waals surface area contributed by atoms with E-state index in [0.717, 1.165) is 37.7 Å². The van der Waals surface area contributed by atoms with E-state index in [1.165, 1.54) is 26.0 Å². The fourth-order valence-corrected chi connectivity index (χ4v) is 3.47. The summed E-state index contributed by atoms with van der Waals surface area (Å²) < 4.78 is 18.8. The molecule has 1 heterocycles. The van der Waals surface area contributed by atoms with Crippen molar-refractivity contribution in [2.75, 3.05) is 33.3 Å². The number of rotatable bonds is 7. The SMILES string of the molecule is COc1ccc(CN2CCN(CC3CC3)C(CC(N)=O)C2)cc1F. The lowest BCUT2D eigenvalue weighted by molar-refractivity contribution is -0.119. The molecule has 24 heavy (non-hydrogen) atoms. The number of hydrogen-bond acceptors (Lipinski definition) is 4. The Morgan fingerprint density at radius 1 is 1.38 bits per heavy atom. The van der Waals surface area contributed by atoms with Gasteiger partial charge in [0, 0.05) is 45.2 Å². The van der Waals surface area contributed by atoms with Crippen molar-refractivity contribution < 1.29 is 13.9 Å². The van der Waals surface area contributed by atoms with Crippen molar-refractivity contribution in [3.8, 4) is 5.75 Å². The van der Waals surface area contributed by atoms with Crippen molar-refractivity contribution in [2.45, 2.75) is 31.8 Å². The van der Waals surface area contributed by atoms with Gasteiger partial charge in [0.05, 0.1) is 7.11 Å². The van der Waals surface area contributed by atoms with Crippen LogP contribution < -0.4 is 10.5 Å². The van der Waals surface area contributed by atoms with E-state index in [9.17, 15) is 9.18 Å². The second-order valence-electron chi connectivity index (χ2n) is 6.97. The molecule has 6 heteroatoms. The summed E-state index contributed by atoms with van der Waals surface area (Å²) in [5, 5.41) is 0. The van der Waals surface area contributed by atoms with Gasteiger partial charge in [0.15, 0.2) is 11.6 Å². The summed E-state index contributed by atoms with van der Waals surface area (Å²) in [7, 11) is 1.46. The van der Waals surface area contributed by atoms with Crippen LogP contribution >= 0.6 is 0 Å². The molecule has 1 aliphatic heterocycles. The molecule has 2 fully saturated rings. The van der Waals surface area contributed by atoms with Gasteiger partial charge < -0.3 is 10.5 Å². The summed E-state index contributed by atoms with van der Waals surface area (Å²) in [6.07, 6.45) is 2.99. The highest BCUT2D eigenvalue weighted by molar-refractivity contribution is 5.74. The molecule has 0 aromatic heterocycles. The maximum absolute atomic E-state index is 13.9. The summed E-state index contributed by atoms with van der Waals surface area (Å²) in [6.45, 7) is 4.41. The third kappa shape index (κ3) is 4.45. The number of methoxy groups -OCH3 is 1. The van der Waals surface area contributed by atoms with E-state index in [-0.39, 0.29) is 23.5 Å². The molecule has 1 aromatic rings. The Morgan fingerprint density at radius 2 is 2.17 bits per heavy atom. The maximum Gasteiger partial charge on any atom is 0.219 e. The molecule has 1 atom stereocenters. The summed E-state index contributed by atoms with van der Waals surface area (Å²) in [6, 6.07) is 5.24. The van der Waals surface area contributed by atoms with Gasteiger partial charge in [0.25, 0.3) is 0 Å². The lowest BCUT2D eigenvalue weighted by Gasteiger charge is -2.41. The number of benzene rings is 1. The monoisotopic (exact) mass is 335 g/mol. The number of hydrogen-bond donors (Lipinski definition) is 1. The van der Waals surface area contributed by atoms with Crippen molar-refractivity contribution in [3.63, 3.8) is 0 Å². The van der Waals surface area contributed by atoms with Crippen molar-refractivity contribution >= 4 is 5.91 Å². The van der Waals surface area contributed by atoms with Crippen LogP contribution in [0.2, 0.25) is 0 Å². The minimum Gasteiger partial charge on any atom is -0.494 e. The molecular weight excluding hydrogens is 309 g/mol. The second kappa shape index (κ2) is 7.49. The largest absolute Gasteiger partial charge is 0.494 e. The van der Waals surface area contributed by atoms with Gasteiger partial charge in [0.1, 0.15) is 0 Å². The molecule has 5 nitrogen and oxygen atoms in total. The van der Waals surface area contributed by atoms with Gasteiger partial charge in [-0.3, -0.25) is 14.6 Å². The Balaban J connectivity index is 1.62. The molecule has 1 saturated carbocycles. The van der Waals surface area contributed by atoms with Crippen LogP contribution in [0.4, 0.5) is 4.39 Å². The standard InChI is InChI=1S/C18H26FN3O2/c1-24-17-5-4-14(8-16(17)19)10-21-6-7-22(11-13-2-3-13)15(12-21)9-18(20)23/h4-5,8,13,15H,2-3,6-7,9-12H2,1H3,(H2,20,23). The van der Waals surface area contributed by atoms with Gasteiger partial charge in [-0.15, -0.1) is 0 Å². The van der Waals surface area contributed by atoms with E-state index >= 15 is 0 Å². The first kappa shape index (κ1) is 17.2. The number of halogens is 1. The Bertz CT molecular complexity index is 592. The number of carbonyl (C=O) groups excluding carboxylic acids is 1. The van der Waals surface area contributed by atoms with Crippen LogP contribution in [0.3, 0.4) is 0 Å². The number of amides is 1. The van der Waals surface area contributed by atoms with Crippen LogP contribution in [0.5, 0.6) is 5.75 Å². The number of nitrogens with zero attached hydrogens (tertiary/aromatic N) is 2. The molecule has 1 aromatic carbocycles. The van der Waals surface area contributed by atoms with Gasteiger partial charge in [-0.25, -0.2) is 4.39 Å². The molecule has 0 radical (unpaired) electrons. The number of piperazine rings is 1. The quantitative estimate of drug-likeness (QED) is 0.822. The maximum atomic E-state index is 13.9. The molecule has 0 spiro atoms. The smallest absolute Gasteiger partial charge is 0.219 e. The predicted octanol–water partition coefficient (Wildman–Crippen LogP) is 1.61. The van der Waals surface area contributed by atoms with Gasteiger partial charge in [0.2, 0.25) is 5.91 Å². The van der Waals surface area contributed by atoms with Crippen LogP contribution in [0.1, 0.15) is 24.8 Å². The Hall–Kier alpha value is -1.66. The van der Waals surface area contributed by atoms with Crippen LogP contribution in [0.25, 0.3) is 0 Å². The van der Waals surface area contributed by atoms with E-state index in [4.69, 9.17) is 10.5 Å². The lowest BCUT2D eigenvalue weighted by atomic mass is 10.1. The van der Waals surface area contributed by atoms with Crippen molar-refractivity contribution in [1.82, 2.24) is 9.80 Å². The number of nitrogens with two attached hydrogens (primary N) is 1. The van der Waals surface area contributed by atoms with E-state index in [0.29, 0.717) is 13.0 Å². The summed E-state index contributed by atoms with van der Waals surface area (Å²) in [4.78, 5) is 16.1. The van der Waals surface area contributed by atoms with Crippen molar-refractivity contribution in [1.29, 1.82) is 0 Å². The highest BCUT2D eigenvalue weighted by Gasteiger charge is 2.32. The van der Waals surface area contributed by atoms with Crippen LogP contribution in [0.15, 0.2) is 18.2 Å². The lowest BCUT2D eigenvalue weighted by Crippen LogP contribution is -2.54. The Morgan fingerprint density at radius 3 is 2.79 bits per heavy atom. The fraction of sp³-hybridized carbons (Fsp3) is 0.611.